The first-order valence-electron chi connectivity index (χ1n) is 8.53. The second kappa shape index (κ2) is 7.98. The quantitative estimate of drug-likeness (QED) is 0.905. The molecule has 6 heteroatoms. The Balaban J connectivity index is 1.77. The number of nitrogens with zero attached hydrogens (tertiary/aromatic N) is 2. The van der Waals surface area contributed by atoms with Crippen LogP contribution in [0.15, 0.2) is 42.6 Å². The van der Waals surface area contributed by atoms with Crippen molar-refractivity contribution in [3.8, 4) is 5.75 Å². The second-order valence-corrected chi connectivity index (χ2v) is 5.91. The number of ether oxygens (including phenoxy) is 2. The van der Waals surface area contributed by atoms with Crippen molar-refractivity contribution < 1.29 is 14.3 Å². The molecule has 1 saturated heterocycles. The molecule has 0 spiro atoms. The van der Waals surface area contributed by atoms with Gasteiger partial charge >= 0.3 is 0 Å². The number of hydrogen-bond donors (Lipinski definition) is 1. The van der Waals surface area contributed by atoms with E-state index >= 15 is 0 Å². The van der Waals surface area contributed by atoms with E-state index in [9.17, 15) is 4.79 Å². The summed E-state index contributed by atoms with van der Waals surface area (Å²) in [6.07, 6.45) is 1.73. The standard InChI is InChI=1S/C19H23N3O3/c1-3-24-16-8-6-15(7-9-16)21-18-17(5-4-10-20-18)19(23)22-11-12-25-14(2)13-22/h4-10,14H,3,11-13H2,1-2H3,(H,20,21). The first-order chi connectivity index (χ1) is 12.2. The van der Waals surface area contributed by atoms with Gasteiger partial charge in [-0.05, 0) is 50.2 Å². The summed E-state index contributed by atoms with van der Waals surface area (Å²) in [5.41, 5.74) is 1.41. The van der Waals surface area contributed by atoms with E-state index in [1.165, 1.54) is 0 Å². The smallest absolute Gasteiger partial charge is 0.257 e. The van der Waals surface area contributed by atoms with Crippen LogP contribution in [0.2, 0.25) is 0 Å². The summed E-state index contributed by atoms with van der Waals surface area (Å²) in [6, 6.07) is 11.2. The van der Waals surface area contributed by atoms with Gasteiger partial charge in [0.15, 0.2) is 0 Å². The van der Waals surface area contributed by atoms with Crippen molar-refractivity contribution >= 4 is 17.4 Å². The largest absolute Gasteiger partial charge is 0.494 e. The molecule has 1 aliphatic heterocycles. The number of nitrogens with one attached hydrogen (secondary N) is 1. The zero-order valence-electron chi connectivity index (χ0n) is 14.6. The van der Waals surface area contributed by atoms with Gasteiger partial charge in [0.25, 0.3) is 5.91 Å². The lowest BCUT2D eigenvalue weighted by Gasteiger charge is -2.31. The van der Waals surface area contributed by atoms with Gasteiger partial charge in [-0.25, -0.2) is 4.98 Å². The number of aromatic nitrogens is 1. The predicted molar refractivity (Wildman–Crippen MR) is 96.4 cm³/mol. The fourth-order valence-electron chi connectivity index (χ4n) is 2.79. The summed E-state index contributed by atoms with van der Waals surface area (Å²) in [5.74, 6) is 1.33. The van der Waals surface area contributed by atoms with Crippen LogP contribution in [0, 0.1) is 0 Å². The van der Waals surface area contributed by atoms with Crippen molar-refractivity contribution in [2.24, 2.45) is 0 Å². The third-order valence-electron chi connectivity index (χ3n) is 3.99. The number of benzene rings is 1. The molecule has 1 atom stereocenters. The second-order valence-electron chi connectivity index (χ2n) is 5.91. The molecule has 25 heavy (non-hydrogen) atoms. The predicted octanol–water partition coefficient (Wildman–Crippen LogP) is 3.08. The van der Waals surface area contributed by atoms with E-state index in [4.69, 9.17) is 9.47 Å². The Morgan fingerprint density at radius 3 is 2.88 bits per heavy atom. The summed E-state index contributed by atoms with van der Waals surface area (Å²) in [7, 11) is 0. The van der Waals surface area contributed by atoms with Gasteiger partial charge in [0.2, 0.25) is 0 Å². The summed E-state index contributed by atoms with van der Waals surface area (Å²) in [4.78, 5) is 19.0. The van der Waals surface area contributed by atoms with Gasteiger partial charge < -0.3 is 19.7 Å². The molecular formula is C19H23N3O3. The van der Waals surface area contributed by atoms with Crippen LogP contribution in [-0.4, -0.2) is 48.2 Å². The molecule has 6 nitrogen and oxygen atoms in total. The molecule has 1 aliphatic rings. The van der Waals surface area contributed by atoms with Crippen molar-refractivity contribution in [2.75, 3.05) is 31.6 Å². The van der Waals surface area contributed by atoms with Crippen LogP contribution in [0.25, 0.3) is 0 Å². The average Bonchev–Trinajstić information content (AvgIpc) is 2.63. The topological polar surface area (TPSA) is 63.7 Å². The molecular weight excluding hydrogens is 318 g/mol. The van der Waals surface area contributed by atoms with Crippen LogP contribution in [0.3, 0.4) is 0 Å². The lowest BCUT2D eigenvalue weighted by atomic mass is 10.2. The fraction of sp³-hybridized carbons (Fsp3) is 0.368. The number of carbonyl (C=O) groups excluding carboxylic acids is 1. The Morgan fingerprint density at radius 1 is 1.36 bits per heavy atom. The number of hydrogen-bond acceptors (Lipinski definition) is 5. The number of rotatable bonds is 5. The van der Waals surface area contributed by atoms with Crippen molar-refractivity contribution in [1.29, 1.82) is 0 Å². The summed E-state index contributed by atoms with van der Waals surface area (Å²) in [5, 5.41) is 3.23. The molecule has 132 valence electrons. The zero-order chi connectivity index (χ0) is 17.6. The van der Waals surface area contributed by atoms with E-state index in [0.29, 0.717) is 37.7 Å². The Morgan fingerprint density at radius 2 is 2.16 bits per heavy atom. The van der Waals surface area contributed by atoms with Crippen LogP contribution < -0.4 is 10.1 Å². The molecule has 2 heterocycles. The third-order valence-corrected chi connectivity index (χ3v) is 3.99. The molecule has 1 unspecified atom stereocenters. The van der Waals surface area contributed by atoms with E-state index in [1.807, 2.05) is 43.0 Å². The zero-order valence-corrected chi connectivity index (χ0v) is 14.6. The monoisotopic (exact) mass is 341 g/mol. The van der Waals surface area contributed by atoms with Crippen LogP contribution in [0.5, 0.6) is 5.75 Å². The van der Waals surface area contributed by atoms with Gasteiger partial charge in [0.1, 0.15) is 11.6 Å². The highest BCUT2D eigenvalue weighted by Gasteiger charge is 2.24. The first kappa shape index (κ1) is 17.2. The molecule has 1 fully saturated rings. The van der Waals surface area contributed by atoms with E-state index < -0.39 is 0 Å². The van der Waals surface area contributed by atoms with Crippen molar-refractivity contribution in [1.82, 2.24) is 9.88 Å². The summed E-state index contributed by atoms with van der Waals surface area (Å²) >= 11 is 0. The molecule has 0 bridgehead atoms. The van der Waals surface area contributed by atoms with E-state index in [0.717, 1.165) is 11.4 Å². The number of amides is 1. The first-order valence-corrected chi connectivity index (χ1v) is 8.53. The Kier molecular flexibility index (Phi) is 5.50. The molecule has 3 rings (SSSR count). The van der Waals surface area contributed by atoms with Crippen LogP contribution in [0.4, 0.5) is 11.5 Å². The highest BCUT2D eigenvalue weighted by molar-refractivity contribution is 5.99. The lowest BCUT2D eigenvalue weighted by Crippen LogP contribution is -2.44. The van der Waals surface area contributed by atoms with Crippen molar-refractivity contribution in [3.63, 3.8) is 0 Å². The average molecular weight is 341 g/mol. The van der Waals surface area contributed by atoms with E-state index in [1.54, 1.807) is 18.3 Å². The maximum atomic E-state index is 12.9. The molecule has 0 saturated carbocycles. The lowest BCUT2D eigenvalue weighted by molar-refractivity contribution is -0.0123. The van der Waals surface area contributed by atoms with E-state index in [-0.39, 0.29) is 12.0 Å². The van der Waals surface area contributed by atoms with Crippen LogP contribution in [-0.2, 0) is 4.74 Å². The molecule has 2 aromatic rings. The van der Waals surface area contributed by atoms with Crippen LogP contribution in [0.1, 0.15) is 24.2 Å². The Hall–Kier alpha value is -2.60. The molecule has 1 aromatic heterocycles. The minimum absolute atomic E-state index is 0.0308. The molecule has 1 N–H and O–H groups in total. The number of anilines is 2. The van der Waals surface area contributed by atoms with Gasteiger partial charge in [-0.15, -0.1) is 0 Å². The molecule has 1 aromatic carbocycles. The summed E-state index contributed by atoms with van der Waals surface area (Å²) < 4.78 is 11.0. The van der Waals surface area contributed by atoms with Gasteiger partial charge in [0, 0.05) is 25.0 Å². The maximum absolute atomic E-state index is 12.9. The molecule has 0 radical (unpaired) electrons. The highest BCUT2D eigenvalue weighted by atomic mass is 16.5. The van der Waals surface area contributed by atoms with Gasteiger partial charge in [-0.2, -0.15) is 0 Å². The normalized spacial score (nSPS) is 17.2. The van der Waals surface area contributed by atoms with E-state index in [2.05, 4.69) is 10.3 Å². The summed E-state index contributed by atoms with van der Waals surface area (Å²) in [6.45, 7) is 6.31. The van der Waals surface area contributed by atoms with Crippen LogP contribution >= 0.6 is 0 Å². The SMILES string of the molecule is CCOc1ccc(Nc2ncccc2C(=O)N2CCOC(C)C2)cc1. The number of carbonyl (C=O) groups is 1. The number of morpholine rings is 1. The van der Waals surface area contributed by atoms with Gasteiger partial charge in [-0.1, -0.05) is 0 Å². The van der Waals surface area contributed by atoms with Crippen molar-refractivity contribution in [2.45, 2.75) is 20.0 Å². The minimum atomic E-state index is -0.0308. The van der Waals surface area contributed by atoms with Gasteiger partial charge in [0.05, 0.1) is 24.9 Å². The Bertz CT molecular complexity index is 718. The minimum Gasteiger partial charge on any atom is -0.494 e. The van der Waals surface area contributed by atoms with Crippen molar-refractivity contribution in [3.05, 3.63) is 48.2 Å². The maximum Gasteiger partial charge on any atom is 0.257 e. The molecule has 0 aliphatic carbocycles. The fourth-order valence-corrected chi connectivity index (χ4v) is 2.79. The Labute approximate surface area is 147 Å². The highest BCUT2D eigenvalue weighted by Crippen LogP contribution is 2.23. The third kappa shape index (κ3) is 4.28. The molecule has 1 amide bonds. The number of pyridine rings is 1. The van der Waals surface area contributed by atoms with Gasteiger partial charge in [-0.3, -0.25) is 4.79 Å².